The van der Waals surface area contributed by atoms with Crippen LogP contribution in [0.2, 0.25) is 0 Å². The van der Waals surface area contributed by atoms with Crippen LogP contribution < -0.4 is 5.73 Å². The molecule has 0 atom stereocenters. The molecule has 1 heterocycles. The molecule has 1 aromatic carbocycles. The molecule has 2 nitrogen and oxygen atoms in total. The zero-order valence-corrected chi connectivity index (χ0v) is 9.03. The van der Waals surface area contributed by atoms with Gasteiger partial charge in [-0.15, -0.1) is 0 Å². The van der Waals surface area contributed by atoms with Crippen molar-refractivity contribution < 1.29 is 0 Å². The third-order valence-corrected chi connectivity index (χ3v) is 2.51. The number of rotatable bonds is 3. The Bertz CT molecular complexity index is 494. The molecule has 0 unspecified atom stereocenters. The first-order chi connectivity index (χ1) is 7.20. The number of hydrogen-bond acceptors (Lipinski definition) is 1. The lowest BCUT2D eigenvalue weighted by Gasteiger charge is -2.05. The van der Waals surface area contributed by atoms with Gasteiger partial charge in [0, 0.05) is 24.8 Å². The monoisotopic (exact) mass is 200 g/mol. The molecule has 2 heteroatoms. The van der Waals surface area contributed by atoms with E-state index in [9.17, 15) is 0 Å². The Kier molecular flexibility index (Phi) is 2.60. The van der Waals surface area contributed by atoms with Gasteiger partial charge < -0.3 is 10.3 Å². The fraction of sp³-hybridized carbons (Fsp3) is 0.231. The van der Waals surface area contributed by atoms with Gasteiger partial charge in [-0.05, 0) is 30.0 Å². The van der Waals surface area contributed by atoms with Gasteiger partial charge in [-0.2, -0.15) is 0 Å². The molecule has 0 aliphatic rings. The summed E-state index contributed by atoms with van der Waals surface area (Å²) in [5.41, 5.74) is 9.20. The van der Waals surface area contributed by atoms with Gasteiger partial charge in [0.15, 0.2) is 0 Å². The van der Waals surface area contributed by atoms with Crippen molar-refractivity contribution in [3.05, 3.63) is 48.2 Å². The third-order valence-electron chi connectivity index (χ3n) is 2.51. The minimum absolute atomic E-state index is 0.591. The number of fused-ring (bicyclic) bond motifs is 1. The molecule has 0 aliphatic heterocycles. The van der Waals surface area contributed by atoms with Gasteiger partial charge in [0.2, 0.25) is 0 Å². The molecule has 0 saturated heterocycles. The van der Waals surface area contributed by atoms with Gasteiger partial charge in [-0.1, -0.05) is 24.3 Å². The normalized spacial score (nSPS) is 10.8. The molecule has 15 heavy (non-hydrogen) atoms. The maximum Gasteiger partial charge on any atom is 0.0486 e. The molecule has 78 valence electrons. The van der Waals surface area contributed by atoms with E-state index in [4.69, 9.17) is 5.73 Å². The van der Waals surface area contributed by atoms with Gasteiger partial charge >= 0.3 is 0 Å². The lowest BCUT2D eigenvalue weighted by molar-refractivity contribution is 0.821. The number of nitrogens with zero attached hydrogens (tertiary/aromatic N) is 1. The molecule has 1 aromatic heterocycles. The molecule has 0 radical (unpaired) electrons. The molecular formula is C13H16N2. The predicted molar refractivity (Wildman–Crippen MR) is 64.6 cm³/mol. The highest BCUT2D eigenvalue weighted by atomic mass is 14.9. The quantitative estimate of drug-likeness (QED) is 0.759. The second-order valence-electron chi connectivity index (χ2n) is 4.00. The number of aromatic nitrogens is 1. The maximum atomic E-state index is 5.63. The predicted octanol–water partition coefficient (Wildman–Crippen LogP) is 2.68. The fourth-order valence-electron chi connectivity index (χ4n) is 1.79. The first-order valence-electron chi connectivity index (χ1n) is 5.13. The highest BCUT2D eigenvalue weighted by Crippen LogP contribution is 2.18. The first kappa shape index (κ1) is 9.99. The molecule has 0 fully saturated rings. The van der Waals surface area contributed by atoms with E-state index < -0.39 is 0 Å². The van der Waals surface area contributed by atoms with E-state index in [1.165, 1.54) is 16.5 Å². The molecule has 2 rings (SSSR count). The van der Waals surface area contributed by atoms with Crippen LogP contribution in [0.1, 0.15) is 12.5 Å². The standard InChI is InChI=1S/C13H16N2/c1-10(2)9-15-6-5-12-4-3-11(8-14)7-13(12)15/h3-7H,1,8-9,14H2,2H3. The van der Waals surface area contributed by atoms with Crippen LogP contribution in [0, 0.1) is 0 Å². The highest BCUT2D eigenvalue weighted by molar-refractivity contribution is 5.80. The zero-order valence-electron chi connectivity index (χ0n) is 9.03. The van der Waals surface area contributed by atoms with Crippen LogP contribution in [-0.2, 0) is 13.1 Å². The van der Waals surface area contributed by atoms with Crippen molar-refractivity contribution in [2.45, 2.75) is 20.0 Å². The molecule has 0 aliphatic carbocycles. The summed E-state index contributed by atoms with van der Waals surface area (Å²) in [6.45, 7) is 7.44. The summed E-state index contributed by atoms with van der Waals surface area (Å²) in [7, 11) is 0. The molecular weight excluding hydrogens is 184 g/mol. The Balaban J connectivity index is 2.51. The van der Waals surface area contributed by atoms with Crippen LogP contribution in [0.15, 0.2) is 42.6 Å². The first-order valence-corrected chi connectivity index (χ1v) is 5.13. The van der Waals surface area contributed by atoms with E-state index in [0.29, 0.717) is 6.54 Å². The summed E-state index contributed by atoms with van der Waals surface area (Å²) in [4.78, 5) is 0. The molecule has 0 saturated carbocycles. The van der Waals surface area contributed by atoms with Crippen molar-refractivity contribution in [1.82, 2.24) is 4.57 Å². The Hall–Kier alpha value is -1.54. The average molecular weight is 200 g/mol. The van der Waals surface area contributed by atoms with Crippen LogP contribution in [0.5, 0.6) is 0 Å². The van der Waals surface area contributed by atoms with Gasteiger partial charge in [-0.3, -0.25) is 0 Å². The van der Waals surface area contributed by atoms with Crippen molar-refractivity contribution in [2.75, 3.05) is 0 Å². The van der Waals surface area contributed by atoms with Crippen molar-refractivity contribution in [3.63, 3.8) is 0 Å². The van der Waals surface area contributed by atoms with Crippen molar-refractivity contribution in [1.29, 1.82) is 0 Å². The number of hydrogen-bond donors (Lipinski definition) is 1. The number of nitrogens with two attached hydrogens (primary N) is 1. The molecule has 0 amide bonds. The van der Waals surface area contributed by atoms with E-state index in [-0.39, 0.29) is 0 Å². The molecule has 0 spiro atoms. The van der Waals surface area contributed by atoms with E-state index >= 15 is 0 Å². The lowest BCUT2D eigenvalue weighted by Crippen LogP contribution is -1.99. The third kappa shape index (κ3) is 1.95. The van der Waals surface area contributed by atoms with Gasteiger partial charge in [0.05, 0.1) is 0 Å². The van der Waals surface area contributed by atoms with Crippen LogP contribution in [-0.4, -0.2) is 4.57 Å². The topological polar surface area (TPSA) is 30.9 Å². The summed E-state index contributed by atoms with van der Waals surface area (Å²) in [6, 6.07) is 8.47. The van der Waals surface area contributed by atoms with Crippen LogP contribution in [0.4, 0.5) is 0 Å². The minimum atomic E-state index is 0.591. The van der Waals surface area contributed by atoms with Crippen LogP contribution >= 0.6 is 0 Å². The van der Waals surface area contributed by atoms with Crippen molar-refractivity contribution in [3.8, 4) is 0 Å². The van der Waals surface area contributed by atoms with Crippen LogP contribution in [0.3, 0.4) is 0 Å². The summed E-state index contributed by atoms with van der Waals surface area (Å²) in [5, 5.41) is 1.26. The Morgan fingerprint density at radius 1 is 1.40 bits per heavy atom. The second kappa shape index (κ2) is 3.91. The Morgan fingerprint density at radius 3 is 2.87 bits per heavy atom. The number of allylic oxidation sites excluding steroid dienone is 1. The van der Waals surface area contributed by atoms with Crippen LogP contribution in [0.25, 0.3) is 10.9 Å². The number of benzene rings is 1. The Labute approximate surface area is 90.0 Å². The fourth-order valence-corrected chi connectivity index (χ4v) is 1.79. The van der Waals surface area contributed by atoms with Crippen molar-refractivity contribution in [2.24, 2.45) is 5.73 Å². The van der Waals surface area contributed by atoms with Crippen molar-refractivity contribution >= 4 is 10.9 Å². The lowest BCUT2D eigenvalue weighted by atomic mass is 10.1. The summed E-state index contributed by atoms with van der Waals surface area (Å²) in [6.07, 6.45) is 2.10. The SMILES string of the molecule is C=C(C)Cn1ccc2ccc(CN)cc21. The summed E-state index contributed by atoms with van der Waals surface area (Å²) in [5.74, 6) is 0. The smallest absolute Gasteiger partial charge is 0.0486 e. The molecule has 2 aromatic rings. The van der Waals surface area contributed by atoms with E-state index in [1.54, 1.807) is 0 Å². The van der Waals surface area contributed by atoms with Gasteiger partial charge in [-0.25, -0.2) is 0 Å². The highest BCUT2D eigenvalue weighted by Gasteiger charge is 2.01. The Morgan fingerprint density at radius 2 is 2.20 bits per heavy atom. The van der Waals surface area contributed by atoms with Gasteiger partial charge in [0.1, 0.15) is 0 Å². The van der Waals surface area contributed by atoms with E-state index in [0.717, 1.165) is 12.1 Å². The average Bonchev–Trinajstić information content (AvgIpc) is 2.60. The molecule has 0 bridgehead atoms. The van der Waals surface area contributed by atoms with Gasteiger partial charge in [0.25, 0.3) is 0 Å². The van der Waals surface area contributed by atoms with E-state index in [1.807, 2.05) is 6.92 Å². The van der Waals surface area contributed by atoms with E-state index in [2.05, 4.69) is 41.6 Å². The zero-order chi connectivity index (χ0) is 10.8. The summed E-state index contributed by atoms with van der Waals surface area (Å²) >= 11 is 0. The summed E-state index contributed by atoms with van der Waals surface area (Å²) < 4.78 is 2.21. The molecule has 2 N–H and O–H groups in total. The maximum absolute atomic E-state index is 5.63. The minimum Gasteiger partial charge on any atom is -0.343 e. The largest absolute Gasteiger partial charge is 0.343 e. The second-order valence-corrected chi connectivity index (χ2v) is 4.00.